The number of rotatable bonds is 15. The molecule has 84 heavy (non-hydrogen) atoms. The van der Waals surface area contributed by atoms with Gasteiger partial charge < -0.3 is 32.6 Å². The van der Waals surface area contributed by atoms with Crippen LogP contribution in [-0.4, -0.2) is 96.9 Å². The SMILES string of the molecule is C=CC[C@H]1C(=O)N(C)C(N)=N[C@]1(C)c1cc(-c2cccc(C#N)c2)cs1.COc1ccc(C=O)c(-c2csc([C@]3(C)CC(=O)N(C)C(N)=N3)c2)c1.NC1=NC(c2ccccc2)(c2ccccc2)C(=O)N1CCCNC(=O)Nc1ccc(F)cc1. The molecule has 0 bridgehead atoms. The number of anilines is 1. The first-order valence-electron chi connectivity index (χ1n) is 26.6. The average Bonchev–Trinajstić information content (AvgIpc) is 2.83. The zero-order chi connectivity index (χ0) is 60.3. The minimum atomic E-state index is -1.24. The van der Waals surface area contributed by atoms with Gasteiger partial charge in [-0.2, -0.15) is 5.26 Å². The van der Waals surface area contributed by atoms with Gasteiger partial charge in [-0.25, -0.2) is 24.2 Å². The maximum atomic E-state index is 13.6. The van der Waals surface area contributed by atoms with Crippen LogP contribution in [0.1, 0.15) is 69.9 Å². The number of hydrogen-bond acceptors (Lipinski definition) is 15. The number of hydrogen-bond donors (Lipinski definition) is 5. The lowest BCUT2D eigenvalue weighted by Gasteiger charge is -2.39. The summed E-state index contributed by atoms with van der Waals surface area (Å²) in [5.74, 6) is 0.170. The number of aliphatic imine (C=N–C) groups is 3. The molecule has 5 heterocycles. The summed E-state index contributed by atoms with van der Waals surface area (Å²) < 4.78 is 18.2. The number of aldehydes is 1. The minimum absolute atomic E-state index is 0.0543. The lowest BCUT2D eigenvalue weighted by atomic mass is 9.80. The molecular weight excluding hydrogens is 1100 g/mol. The molecule has 21 heteroatoms. The number of benzene rings is 5. The number of urea groups is 1. The van der Waals surface area contributed by atoms with Crippen LogP contribution in [0.15, 0.2) is 178 Å². The van der Waals surface area contributed by atoms with Crippen LogP contribution >= 0.6 is 22.7 Å². The largest absolute Gasteiger partial charge is 0.497 e. The van der Waals surface area contributed by atoms with Crippen LogP contribution in [0.3, 0.4) is 0 Å². The van der Waals surface area contributed by atoms with Crippen LogP contribution in [0.4, 0.5) is 14.9 Å². The molecule has 5 amide bonds. The first kappa shape index (κ1) is 60.3. The highest BCUT2D eigenvalue weighted by Gasteiger charge is 2.50. The van der Waals surface area contributed by atoms with Crippen molar-refractivity contribution in [2.75, 3.05) is 39.6 Å². The van der Waals surface area contributed by atoms with Crippen molar-refractivity contribution in [3.8, 4) is 34.1 Å². The van der Waals surface area contributed by atoms with Crippen molar-refractivity contribution >= 4 is 76.3 Å². The third-order valence-corrected chi connectivity index (χ3v) is 17.0. The second kappa shape index (κ2) is 26.0. The fraction of sp³-hybridized carbons (Fsp3) is 0.222. The van der Waals surface area contributed by atoms with Gasteiger partial charge in [0.2, 0.25) is 11.8 Å². The number of nitriles is 1. The Labute approximate surface area is 494 Å². The molecule has 0 radical (unpaired) electrons. The maximum Gasteiger partial charge on any atom is 0.319 e. The van der Waals surface area contributed by atoms with Crippen molar-refractivity contribution < 1.29 is 33.1 Å². The highest BCUT2D eigenvalue weighted by Crippen LogP contribution is 2.45. The van der Waals surface area contributed by atoms with Crippen molar-refractivity contribution in [3.63, 3.8) is 0 Å². The number of allylic oxidation sites excluding steroid dienone is 1. The van der Waals surface area contributed by atoms with Crippen molar-refractivity contribution in [2.24, 2.45) is 38.1 Å². The van der Waals surface area contributed by atoms with Crippen LogP contribution in [0, 0.1) is 23.1 Å². The molecule has 3 aliphatic rings. The Morgan fingerprint density at radius 2 is 1.44 bits per heavy atom. The molecule has 0 spiro atoms. The summed E-state index contributed by atoms with van der Waals surface area (Å²) in [4.78, 5) is 81.9. The van der Waals surface area contributed by atoms with Crippen LogP contribution < -0.4 is 32.6 Å². The molecule has 0 saturated heterocycles. The smallest absolute Gasteiger partial charge is 0.319 e. The van der Waals surface area contributed by atoms with Gasteiger partial charge in [-0.1, -0.05) is 78.9 Å². The Kier molecular flexibility index (Phi) is 18.7. The molecule has 0 unspecified atom stereocenters. The number of amides is 5. The summed E-state index contributed by atoms with van der Waals surface area (Å²) in [5.41, 5.74) is 22.2. The number of ether oxygens (including phenoxy) is 1. The Morgan fingerprint density at radius 3 is 2.07 bits per heavy atom. The van der Waals surface area contributed by atoms with E-state index in [2.05, 4.69) is 38.3 Å². The summed E-state index contributed by atoms with van der Waals surface area (Å²) >= 11 is 3.05. The van der Waals surface area contributed by atoms with E-state index in [9.17, 15) is 28.4 Å². The van der Waals surface area contributed by atoms with Gasteiger partial charge in [-0.15, -0.1) is 29.3 Å². The molecule has 430 valence electrons. The number of nitrogens with zero attached hydrogens (tertiary/aromatic N) is 7. The Bertz CT molecular complexity index is 3690. The lowest BCUT2D eigenvalue weighted by Crippen LogP contribution is -2.53. The van der Waals surface area contributed by atoms with Gasteiger partial charge in [0.25, 0.3) is 5.91 Å². The molecule has 0 saturated carbocycles. The predicted octanol–water partition coefficient (Wildman–Crippen LogP) is 9.55. The fourth-order valence-electron chi connectivity index (χ4n) is 9.89. The molecule has 8 N–H and O–H groups in total. The van der Waals surface area contributed by atoms with Crippen LogP contribution in [0.2, 0.25) is 0 Å². The third kappa shape index (κ3) is 12.8. The summed E-state index contributed by atoms with van der Waals surface area (Å²) in [6, 6.07) is 42.7. The molecular formula is C63H63FN12O6S2. The number of methoxy groups -OCH3 is 1. The van der Waals surface area contributed by atoms with E-state index in [1.54, 1.807) is 56.8 Å². The van der Waals surface area contributed by atoms with Gasteiger partial charge >= 0.3 is 6.03 Å². The fourth-order valence-corrected chi connectivity index (χ4v) is 12.0. The number of guanidine groups is 3. The Balaban J connectivity index is 0.000000166. The van der Waals surface area contributed by atoms with Gasteiger partial charge in [-0.05, 0) is 138 Å². The monoisotopic (exact) mass is 1170 g/mol. The van der Waals surface area contributed by atoms with E-state index in [1.165, 1.54) is 50.3 Å². The number of carbonyl (C=O) groups excluding carboxylic acids is 5. The van der Waals surface area contributed by atoms with E-state index in [0.29, 0.717) is 48.5 Å². The molecule has 18 nitrogen and oxygen atoms in total. The summed E-state index contributed by atoms with van der Waals surface area (Å²) in [6.07, 6.45) is 3.81. The van der Waals surface area contributed by atoms with E-state index in [0.717, 1.165) is 49.4 Å². The van der Waals surface area contributed by atoms with Crippen molar-refractivity contribution in [1.29, 1.82) is 5.26 Å². The zero-order valence-corrected chi connectivity index (χ0v) is 48.5. The molecule has 2 aromatic heterocycles. The number of nitrogens with one attached hydrogen (secondary N) is 2. The van der Waals surface area contributed by atoms with Gasteiger partial charge in [0.1, 0.15) is 22.6 Å². The van der Waals surface area contributed by atoms with Crippen LogP contribution in [-0.2, 0) is 31.0 Å². The molecule has 3 atom stereocenters. The standard InChI is InChI=1S/C25H24FN5O2.C20H20N4OS.C18H19N3O3S/c26-20-12-14-21(15-13-20)29-24(33)28-16-7-17-31-22(32)25(30-23(31)27,18-8-3-1-4-9-18)19-10-5-2-6-11-19;1-4-6-16-18(25)24(3)19(22)23-20(16,2)17-10-15(12-26-17)14-8-5-7-13(9-14)11-21;1-18(8-16(23)21(2)17(19)20-18)15-6-12(10-25-15)14-7-13(24-3)5-4-11(14)9-22/h1-6,8-15H,7,16-17H2,(H2,27,30)(H2,28,29,33);4-5,7-10,12,16H,1,6H2,2-3H3,(H2,22,23);4-7,9-10H,8H2,1-3H3,(H2,19,20)/t;16-,20-;18-/m.00/s1. The van der Waals surface area contributed by atoms with Crippen molar-refractivity contribution in [1.82, 2.24) is 20.0 Å². The summed E-state index contributed by atoms with van der Waals surface area (Å²) in [7, 11) is 4.85. The normalized spacial score (nSPS) is 18.8. The van der Waals surface area contributed by atoms with E-state index in [1.807, 2.05) is 122 Å². The van der Waals surface area contributed by atoms with Crippen LogP contribution in [0.5, 0.6) is 5.75 Å². The van der Waals surface area contributed by atoms with Gasteiger partial charge in [0.05, 0.1) is 31.1 Å². The quantitative estimate of drug-likeness (QED) is 0.0368. The highest BCUT2D eigenvalue weighted by molar-refractivity contribution is 7.10. The van der Waals surface area contributed by atoms with Gasteiger partial charge in [0.15, 0.2) is 29.7 Å². The molecule has 5 aromatic carbocycles. The second-order valence-corrected chi connectivity index (χ2v) is 22.1. The predicted molar refractivity (Wildman–Crippen MR) is 328 cm³/mol. The molecule has 0 fully saturated rings. The molecule has 0 aliphatic carbocycles. The topological polar surface area (TPSA) is 267 Å². The Hall–Kier alpha value is -9.78. The Morgan fingerprint density at radius 1 is 0.798 bits per heavy atom. The number of carbonyl (C=O) groups is 5. The summed E-state index contributed by atoms with van der Waals surface area (Å²) in [5, 5.41) is 18.4. The van der Waals surface area contributed by atoms with Gasteiger partial charge in [-0.3, -0.25) is 33.9 Å². The van der Waals surface area contributed by atoms with Crippen molar-refractivity contribution in [3.05, 3.63) is 201 Å². The van der Waals surface area contributed by atoms with Gasteiger partial charge in [0, 0.05) is 48.2 Å². The highest BCUT2D eigenvalue weighted by atomic mass is 32.1. The third-order valence-electron chi connectivity index (χ3n) is 14.7. The molecule has 3 aliphatic heterocycles. The lowest BCUT2D eigenvalue weighted by molar-refractivity contribution is -0.134. The zero-order valence-electron chi connectivity index (χ0n) is 46.9. The van der Waals surface area contributed by atoms with E-state index in [-0.39, 0.29) is 53.8 Å². The van der Waals surface area contributed by atoms with Crippen LogP contribution in [0.25, 0.3) is 22.3 Å². The second-order valence-electron chi connectivity index (χ2n) is 20.2. The number of thiophene rings is 2. The minimum Gasteiger partial charge on any atom is -0.497 e. The van der Waals surface area contributed by atoms with E-state index >= 15 is 0 Å². The number of halogens is 1. The summed E-state index contributed by atoms with van der Waals surface area (Å²) in [6.45, 7) is 8.24. The van der Waals surface area contributed by atoms with E-state index in [4.69, 9.17) is 27.2 Å². The molecule has 7 aromatic rings. The maximum absolute atomic E-state index is 13.6. The average molecular weight is 1170 g/mol. The van der Waals surface area contributed by atoms with Crippen molar-refractivity contribution in [2.45, 2.75) is 49.7 Å². The van der Waals surface area contributed by atoms with E-state index < -0.39 is 22.6 Å². The number of nitrogens with two attached hydrogens (primary N) is 3. The first-order valence-corrected chi connectivity index (χ1v) is 28.3. The molecule has 10 rings (SSSR count). The first-order chi connectivity index (χ1) is 40.3.